The van der Waals surface area contributed by atoms with Gasteiger partial charge in [0.2, 0.25) is 0 Å². The molecule has 1 aromatic heterocycles. The van der Waals surface area contributed by atoms with Gasteiger partial charge in [-0.05, 0) is 36.8 Å². The van der Waals surface area contributed by atoms with Crippen molar-refractivity contribution in [2.75, 3.05) is 11.1 Å². The molecule has 1 aromatic carbocycles. The van der Waals surface area contributed by atoms with Crippen molar-refractivity contribution in [2.45, 2.75) is 13.3 Å². The molecule has 18 heavy (non-hydrogen) atoms. The molecule has 0 aliphatic rings. The zero-order valence-corrected chi connectivity index (χ0v) is 11.4. The van der Waals surface area contributed by atoms with E-state index in [1.54, 1.807) is 18.2 Å². The van der Waals surface area contributed by atoms with E-state index in [0.29, 0.717) is 21.3 Å². The van der Waals surface area contributed by atoms with E-state index < -0.39 is 0 Å². The van der Waals surface area contributed by atoms with Crippen LogP contribution < -0.4 is 11.1 Å². The maximum absolute atomic E-state index is 12.0. The normalized spacial score (nSPS) is 10.3. The van der Waals surface area contributed by atoms with Crippen molar-refractivity contribution >= 4 is 40.2 Å². The SMILES string of the molecule is CCc1ccc(C(=O)Nc2ccc(N)c(Cl)c2)s1. The molecule has 0 saturated carbocycles. The molecule has 1 amide bonds. The summed E-state index contributed by atoms with van der Waals surface area (Å²) in [5.41, 5.74) is 6.75. The van der Waals surface area contributed by atoms with E-state index in [-0.39, 0.29) is 5.91 Å². The average molecular weight is 281 g/mol. The number of nitrogens with two attached hydrogens (primary N) is 1. The first-order valence-electron chi connectivity index (χ1n) is 5.55. The van der Waals surface area contributed by atoms with Gasteiger partial charge in [-0.2, -0.15) is 0 Å². The van der Waals surface area contributed by atoms with Crippen molar-refractivity contribution in [1.29, 1.82) is 0 Å². The molecule has 1 heterocycles. The predicted octanol–water partition coefficient (Wildman–Crippen LogP) is 3.80. The molecule has 94 valence electrons. The largest absolute Gasteiger partial charge is 0.398 e. The van der Waals surface area contributed by atoms with Gasteiger partial charge in [-0.15, -0.1) is 11.3 Å². The van der Waals surface area contributed by atoms with Crippen molar-refractivity contribution in [3.63, 3.8) is 0 Å². The molecule has 5 heteroatoms. The third kappa shape index (κ3) is 2.83. The molecule has 0 saturated heterocycles. The Morgan fingerprint density at radius 1 is 1.39 bits per heavy atom. The number of thiophene rings is 1. The number of aryl methyl sites for hydroxylation is 1. The molecule has 2 aromatic rings. The standard InChI is InChI=1S/C13H13ClN2OS/c1-2-9-4-6-12(18-9)13(17)16-8-3-5-11(15)10(14)7-8/h3-7H,2,15H2,1H3,(H,16,17). The summed E-state index contributed by atoms with van der Waals surface area (Å²) in [5.74, 6) is -0.125. The topological polar surface area (TPSA) is 55.1 Å². The molecule has 0 radical (unpaired) electrons. The summed E-state index contributed by atoms with van der Waals surface area (Å²) in [6.45, 7) is 2.06. The molecule has 3 N–H and O–H groups in total. The first-order valence-corrected chi connectivity index (χ1v) is 6.74. The molecule has 0 aliphatic carbocycles. The Hall–Kier alpha value is -1.52. The molecule has 3 nitrogen and oxygen atoms in total. The Balaban J connectivity index is 2.13. The third-order valence-electron chi connectivity index (χ3n) is 2.49. The summed E-state index contributed by atoms with van der Waals surface area (Å²) in [7, 11) is 0. The lowest BCUT2D eigenvalue weighted by Gasteiger charge is -2.05. The number of nitrogens with one attached hydrogen (secondary N) is 1. The first-order chi connectivity index (χ1) is 8.60. The van der Waals surface area contributed by atoms with E-state index >= 15 is 0 Å². The number of carbonyl (C=O) groups is 1. The number of benzene rings is 1. The number of carbonyl (C=O) groups excluding carboxylic acids is 1. The lowest BCUT2D eigenvalue weighted by atomic mass is 10.3. The van der Waals surface area contributed by atoms with Gasteiger partial charge >= 0.3 is 0 Å². The Morgan fingerprint density at radius 3 is 2.78 bits per heavy atom. The molecular formula is C13H13ClN2OS. The number of hydrogen-bond acceptors (Lipinski definition) is 3. The van der Waals surface area contributed by atoms with E-state index in [2.05, 4.69) is 12.2 Å². The van der Waals surface area contributed by atoms with Gasteiger partial charge in [0.25, 0.3) is 5.91 Å². The highest BCUT2D eigenvalue weighted by atomic mass is 35.5. The second-order valence-electron chi connectivity index (χ2n) is 3.81. The van der Waals surface area contributed by atoms with E-state index in [0.717, 1.165) is 6.42 Å². The van der Waals surface area contributed by atoms with Crippen LogP contribution in [0.15, 0.2) is 30.3 Å². The van der Waals surface area contributed by atoms with Crippen LogP contribution in [0, 0.1) is 0 Å². The molecule has 0 atom stereocenters. The minimum Gasteiger partial charge on any atom is -0.398 e. The van der Waals surface area contributed by atoms with Crippen molar-refractivity contribution in [1.82, 2.24) is 0 Å². The average Bonchev–Trinajstić information content (AvgIpc) is 2.82. The van der Waals surface area contributed by atoms with Crippen LogP contribution in [0.1, 0.15) is 21.5 Å². The minimum absolute atomic E-state index is 0.125. The van der Waals surface area contributed by atoms with Crippen molar-refractivity contribution in [3.8, 4) is 0 Å². The van der Waals surface area contributed by atoms with Gasteiger partial charge in [-0.3, -0.25) is 4.79 Å². The Kier molecular flexibility index (Phi) is 3.89. The van der Waals surface area contributed by atoms with Crippen LogP contribution in [0.5, 0.6) is 0 Å². The van der Waals surface area contributed by atoms with E-state index in [1.165, 1.54) is 16.2 Å². The highest BCUT2D eigenvalue weighted by Crippen LogP contribution is 2.24. The van der Waals surface area contributed by atoms with Crippen LogP contribution >= 0.6 is 22.9 Å². The monoisotopic (exact) mass is 280 g/mol. The van der Waals surface area contributed by atoms with Gasteiger partial charge in [0.05, 0.1) is 15.6 Å². The van der Waals surface area contributed by atoms with Crippen LogP contribution in [0.4, 0.5) is 11.4 Å². The van der Waals surface area contributed by atoms with Gasteiger partial charge in [-0.25, -0.2) is 0 Å². The van der Waals surface area contributed by atoms with Gasteiger partial charge in [0.15, 0.2) is 0 Å². The zero-order chi connectivity index (χ0) is 13.1. The lowest BCUT2D eigenvalue weighted by Crippen LogP contribution is -2.10. The Labute approximate surface area is 115 Å². The predicted molar refractivity (Wildman–Crippen MR) is 77.5 cm³/mol. The fraction of sp³-hybridized carbons (Fsp3) is 0.154. The summed E-state index contributed by atoms with van der Waals surface area (Å²) in [4.78, 5) is 13.8. The highest BCUT2D eigenvalue weighted by Gasteiger charge is 2.09. The number of hydrogen-bond donors (Lipinski definition) is 2. The first kappa shape index (κ1) is 12.9. The fourth-order valence-corrected chi connectivity index (χ4v) is 2.51. The number of amides is 1. The second-order valence-corrected chi connectivity index (χ2v) is 5.39. The van der Waals surface area contributed by atoms with Gasteiger partial charge < -0.3 is 11.1 Å². The maximum Gasteiger partial charge on any atom is 0.265 e. The maximum atomic E-state index is 12.0. The quantitative estimate of drug-likeness (QED) is 0.840. The van der Waals surface area contributed by atoms with Gasteiger partial charge in [0.1, 0.15) is 0 Å². The summed E-state index contributed by atoms with van der Waals surface area (Å²) in [6.07, 6.45) is 0.936. The Morgan fingerprint density at radius 2 is 2.17 bits per heavy atom. The van der Waals surface area contributed by atoms with Crippen molar-refractivity contribution in [2.24, 2.45) is 0 Å². The van der Waals surface area contributed by atoms with Gasteiger partial charge in [0, 0.05) is 10.6 Å². The summed E-state index contributed by atoms with van der Waals surface area (Å²) in [6, 6.07) is 8.84. The van der Waals surface area contributed by atoms with E-state index in [1.807, 2.05) is 12.1 Å². The lowest BCUT2D eigenvalue weighted by molar-refractivity contribution is 0.103. The Bertz CT molecular complexity index is 580. The molecule has 0 spiro atoms. The van der Waals surface area contributed by atoms with Crippen LogP contribution in [-0.2, 0) is 6.42 Å². The van der Waals surface area contributed by atoms with Crippen LogP contribution in [-0.4, -0.2) is 5.91 Å². The molecule has 2 rings (SSSR count). The highest BCUT2D eigenvalue weighted by molar-refractivity contribution is 7.14. The molecular weight excluding hydrogens is 268 g/mol. The van der Waals surface area contributed by atoms with Crippen LogP contribution in [0.2, 0.25) is 5.02 Å². The molecule has 0 fully saturated rings. The number of halogens is 1. The van der Waals surface area contributed by atoms with E-state index in [9.17, 15) is 4.79 Å². The van der Waals surface area contributed by atoms with Crippen molar-refractivity contribution < 1.29 is 4.79 Å². The minimum atomic E-state index is -0.125. The van der Waals surface area contributed by atoms with Crippen LogP contribution in [0.3, 0.4) is 0 Å². The van der Waals surface area contributed by atoms with Crippen LogP contribution in [0.25, 0.3) is 0 Å². The summed E-state index contributed by atoms with van der Waals surface area (Å²) >= 11 is 7.39. The fourth-order valence-electron chi connectivity index (χ4n) is 1.49. The number of anilines is 2. The second kappa shape index (κ2) is 5.42. The van der Waals surface area contributed by atoms with E-state index in [4.69, 9.17) is 17.3 Å². The number of nitrogen functional groups attached to an aromatic ring is 1. The smallest absolute Gasteiger partial charge is 0.265 e. The number of rotatable bonds is 3. The third-order valence-corrected chi connectivity index (χ3v) is 4.05. The zero-order valence-electron chi connectivity index (χ0n) is 9.87. The molecule has 0 bridgehead atoms. The molecule has 0 unspecified atom stereocenters. The molecule has 0 aliphatic heterocycles. The summed E-state index contributed by atoms with van der Waals surface area (Å²) in [5, 5.41) is 3.23. The van der Waals surface area contributed by atoms with Crippen molar-refractivity contribution in [3.05, 3.63) is 45.1 Å². The summed E-state index contributed by atoms with van der Waals surface area (Å²) < 4.78 is 0. The van der Waals surface area contributed by atoms with Gasteiger partial charge in [-0.1, -0.05) is 18.5 Å².